The molecule has 1 aliphatic heterocycles. The van der Waals surface area contributed by atoms with Crippen molar-refractivity contribution in [1.29, 1.82) is 0 Å². The normalized spacial score (nSPS) is 22.5. The molecule has 1 saturated heterocycles. The van der Waals surface area contributed by atoms with E-state index in [9.17, 15) is 4.79 Å². The minimum Gasteiger partial charge on any atom is -0.461 e. The van der Waals surface area contributed by atoms with Crippen molar-refractivity contribution in [2.75, 3.05) is 6.61 Å². The Kier molecular flexibility index (Phi) is 17.3. The molecule has 0 radical (unpaired) electrons. The highest BCUT2D eigenvalue weighted by atomic mass is 16.6. The summed E-state index contributed by atoms with van der Waals surface area (Å²) in [4.78, 5) is 12.6. The van der Waals surface area contributed by atoms with Gasteiger partial charge in [0, 0.05) is 0 Å². The zero-order valence-corrected chi connectivity index (χ0v) is 24.8. The minimum absolute atomic E-state index is 0.0244. The second-order valence-corrected chi connectivity index (χ2v) is 12.1. The van der Waals surface area contributed by atoms with Crippen LogP contribution in [-0.4, -0.2) is 24.8 Å². The van der Waals surface area contributed by atoms with Crippen LogP contribution < -0.4 is 0 Å². The molecule has 0 aromatic rings. The lowest BCUT2D eigenvalue weighted by Crippen LogP contribution is -2.24. The lowest BCUT2D eigenvalue weighted by molar-refractivity contribution is -0.148. The van der Waals surface area contributed by atoms with Gasteiger partial charge in [-0.15, -0.1) is 0 Å². The Morgan fingerprint density at radius 1 is 0.892 bits per heavy atom. The molecule has 0 spiro atoms. The Morgan fingerprint density at radius 3 is 2.24 bits per heavy atom. The van der Waals surface area contributed by atoms with E-state index >= 15 is 0 Å². The Hall–Kier alpha value is -1.09. The summed E-state index contributed by atoms with van der Waals surface area (Å²) in [6.45, 7) is 11.6. The molecule has 0 aromatic carbocycles. The van der Waals surface area contributed by atoms with E-state index in [1.54, 1.807) is 0 Å². The Labute approximate surface area is 230 Å². The highest BCUT2D eigenvalue weighted by Gasteiger charge is 2.46. The number of hydrogen-bond donors (Lipinski definition) is 0. The van der Waals surface area contributed by atoms with E-state index in [1.807, 2.05) is 0 Å². The fraction of sp³-hybridized carbons (Fsp3) is 0.853. The highest BCUT2D eigenvalue weighted by molar-refractivity contribution is 5.72. The largest absolute Gasteiger partial charge is 0.461 e. The van der Waals surface area contributed by atoms with E-state index in [4.69, 9.17) is 9.47 Å². The zero-order chi connectivity index (χ0) is 26.7. The molecule has 5 unspecified atom stereocenters. The molecule has 2 rings (SSSR count). The molecular weight excluding hydrogens is 456 g/mol. The van der Waals surface area contributed by atoms with Crippen molar-refractivity contribution in [1.82, 2.24) is 0 Å². The summed E-state index contributed by atoms with van der Waals surface area (Å²) in [5.41, 5.74) is 1.10. The van der Waals surface area contributed by atoms with Crippen molar-refractivity contribution in [2.45, 2.75) is 161 Å². The van der Waals surface area contributed by atoms with E-state index in [2.05, 4.69) is 39.5 Å². The van der Waals surface area contributed by atoms with Gasteiger partial charge in [-0.1, -0.05) is 117 Å². The van der Waals surface area contributed by atoms with Gasteiger partial charge in [0.05, 0.1) is 18.1 Å². The molecule has 5 atom stereocenters. The maximum atomic E-state index is 12.6. The summed E-state index contributed by atoms with van der Waals surface area (Å²) in [5.74, 6) is 1.30. The molecular formula is C34H60O3. The molecule has 214 valence electrons. The Morgan fingerprint density at radius 2 is 1.57 bits per heavy atom. The van der Waals surface area contributed by atoms with Gasteiger partial charge in [-0.2, -0.15) is 0 Å². The smallest absolute Gasteiger partial charge is 0.309 e. The third kappa shape index (κ3) is 14.6. The average Bonchev–Trinajstić information content (AvgIpc) is 3.68. The van der Waals surface area contributed by atoms with Crippen LogP contribution in [0.2, 0.25) is 0 Å². The first-order valence-corrected chi connectivity index (χ1v) is 16.2. The number of ether oxygens (including phenoxy) is 2. The Bertz CT molecular complexity index is 639. The fourth-order valence-electron chi connectivity index (χ4n) is 6.07. The second kappa shape index (κ2) is 19.9. The minimum atomic E-state index is -0.0330. The SMILES string of the molecule is C=C(COC(=O)C1CCC2OC2C1)CC(CCCCCC)CC(/C=C/CCCCCC)CCCCCC. The summed E-state index contributed by atoms with van der Waals surface area (Å²) in [7, 11) is 0. The number of hydrogen-bond acceptors (Lipinski definition) is 3. The highest BCUT2D eigenvalue weighted by Crippen LogP contribution is 2.40. The molecule has 0 amide bonds. The topological polar surface area (TPSA) is 38.8 Å². The molecule has 37 heavy (non-hydrogen) atoms. The molecule has 3 nitrogen and oxygen atoms in total. The molecule has 1 aliphatic carbocycles. The van der Waals surface area contributed by atoms with Gasteiger partial charge in [-0.05, 0) is 68.8 Å². The van der Waals surface area contributed by atoms with E-state index in [0.717, 1.165) is 31.3 Å². The average molecular weight is 517 g/mol. The number of epoxide rings is 1. The molecule has 1 heterocycles. The monoisotopic (exact) mass is 516 g/mol. The van der Waals surface area contributed by atoms with Crippen LogP contribution in [0.1, 0.15) is 149 Å². The third-order valence-electron chi connectivity index (χ3n) is 8.50. The molecule has 0 N–H and O–H groups in total. The lowest BCUT2D eigenvalue weighted by atomic mass is 9.83. The van der Waals surface area contributed by atoms with Crippen molar-refractivity contribution in [3.05, 3.63) is 24.3 Å². The van der Waals surface area contributed by atoms with Crippen LogP contribution in [0.25, 0.3) is 0 Å². The van der Waals surface area contributed by atoms with Crippen LogP contribution in [0, 0.1) is 17.8 Å². The predicted octanol–water partition coefficient (Wildman–Crippen LogP) is 10.1. The number of carbonyl (C=O) groups excluding carboxylic acids is 1. The van der Waals surface area contributed by atoms with Crippen LogP contribution >= 0.6 is 0 Å². The van der Waals surface area contributed by atoms with Gasteiger partial charge < -0.3 is 9.47 Å². The van der Waals surface area contributed by atoms with Crippen LogP contribution in [-0.2, 0) is 14.3 Å². The summed E-state index contributed by atoms with van der Waals surface area (Å²) >= 11 is 0. The lowest BCUT2D eigenvalue weighted by Gasteiger charge is -2.24. The summed E-state index contributed by atoms with van der Waals surface area (Å²) in [6, 6.07) is 0. The van der Waals surface area contributed by atoms with E-state index in [1.165, 1.54) is 103 Å². The van der Waals surface area contributed by atoms with Gasteiger partial charge in [-0.3, -0.25) is 4.79 Å². The molecule has 3 heteroatoms. The number of carbonyl (C=O) groups is 1. The summed E-state index contributed by atoms with van der Waals surface area (Å²) in [5, 5.41) is 0. The van der Waals surface area contributed by atoms with Gasteiger partial charge in [0.2, 0.25) is 0 Å². The predicted molar refractivity (Wildman–Crippen MR) is 158 cm³/mol. The third-order valence-corrected chi connectivity index (χ3v) is 8.50. The van der Waals surface area contributed by atoms with Crippen LogP contribution in [0.3, 0.4) is 0 Å². The second-order valence-electron chi connectivity index (χ2n) is 12.1. The maximum Gasteiger partial charge on any atom is 0.309 e. The van der Waals surface area contributed by atoms with Gasteiger partial charge in [0.15, 0.2) is 0 Å². The first-order chi connectivity index (χ1) is 18.1. The van der Waals surface area contributed by atoms with Crippen molar-refractivity contribution in [2.24, 2.45) is 17.8 Å². The fourth-order valence-corrected chi connectivity index (χ4v) is 6.07. The van der Waals surface area contributed by atoms with E-state index in [-0.39, 0.29) is 11.9 Å². The van der Waals surface area contributed by atoms with E-state index in [0.29, 0.717) is 30.7 Å². The maximum absolute atomic E-state index is 12.6. The summed E-state index contributed by atoms with van der Waals surface area (Å²) in [6.07, 6.45) is 30.5. The van der Waals surface area contributed by atoms with Gasteiger partial charge in [0.25, 0.3) is 0 Å². The first-order valence-electron chi connectivity index (χ1n) is 16.2. The van der Waals surface area contributed by atoms with Crippen LogP contribution in [0.5, 0.6) is 0 Å². The van der Waals surface area contributed by atoms with Crippen molar-refractivity contribution in [3.63, 3.8) is 0 Å². The van der Waals surface area contributed by atoms with Crippen molar-refractivity contribution < 1.29 is 14.3 Å². The van der Waals surface area contributed by atoms with Gasteiger partial charge in [0.1, 0.15) is 6.61 Å². The van der Waals surface area contributed by atoms with Crippen molar-refractivity contribution >= 4 is 5.97 Å². The molecule has 1 saturated carbocycles. The van der Waals surface area contributed by atoms with Gasteiger partial charge >= 0.3 is 5.97 Å². The number of allylic oxidation sites excluding steroid dienone is 2. The van der Waals surface area contributed by atoms with E-state index < -0.39 is 0 Å². The zero-order valence-electron chi connectivity index (χ0n) is 24.8. The standard InChI is InChI=1S/C34H60O3/c1-5-8-11-14-15-18-20-29(19-16-12-9-6-2)25-30(21-17-13-10-7-3)24-28(4)27-36-34(35)31-22-23-32-33(26-31)37-32/h18,20,29-33H,4-17,19,21-27H2,1-3H3/b20-18+. The number of esters is 1. The molecule has 0 aromatic heterocycles. The molecule has 2 aliphatic rings. The molecule has 0 bridgehead atoms. The number of fused-ring (bicyclic) bond motifs is 1. The van der Waals surface area contributed by atoms with Crippen molar-refractivity contribution in [3.8, 4) is 0 Å². The first kappa shape index (κ1) is 32.1. The van der Waals surface area contributed by atoms with Crippen LogP contribution in [0.4, 0.5) is 0 Å². The number of rotatable bonds is 23. The number of unbranched alkanes of at least 4 members (excludes halogenated alkanes) is 10. The van der Waals surface area contributed by atoms with Gasteiger partial charge in [-0.25, -0.2) is 0 Å². The Balaban J connectivity index is 1.85. The van der Waals surface area contributed by atoms with Crippen LogP contribution in [0.15, 0.2) is 24.3 Å². The molecule has 2 fully saturated rings. The quantitative estimate of drug-likeness (QED) is 0.0587. The summed E-state index contributed by atoms with van der Waals surface area (Å²) < 4.78 is 11.3.